The summed E-state index contributed by atoms with van der Waals surface area (Å²) in [5.74, 6) is -0.139. The zero-order valence-corrected chi connectivity index (χ0v) is 9.43. The summed E-state index contributed by atoms with van der Waals surface area (Å²) >= 11 is 0. The third kappa shape index (κ3) is 2.28. The summed E-state index contributed by atoms with van der Waals surface area (Å²) in [4.78, 5) is 11.2. The van der Waals surface area contributed by atoms with Crippen LogP contribution in [0, 0.1) is 6.92 Å². The highest BCUT2D eigenvalue weighted by Gasteiger charge is 2.08. The molecule has 0 amide bonds. The van der Waals surface area contributed by atoms with Gasteiger partial charge in [0.2, 0.25) is 0 Å². The van der Waals surface area contributed by atoms with Crippen molar-refractivity contribution in [3.8, 4) is 11.5 Å². The van der Waals surface area contributed by atoms with Gasteiger partial charge in [0.05, 0.1) is 0 Å². The van der Waals surface area contributed by atoms with Gasteiger partial charge in [-0.3, -0.25) is 0 Å². The monoisotopic (exact) mass is 228 g/mol. The minimum atomic E-state index is -0.543. The minimum absolute atomic E-state index is 0.0632. The largest absolute Gasteiger partial charge is 0.508 e. The van der Waals surface area contributed by atoms with Crippen LogP contribution in [0.1, 0.15) is 5.56 Å². The Morgan fingerprint density at radius 2 is 2.12 bits per heavy atom. The van der Waals surface area contributed by atoms with Crippen LogP contribution in [0.2, 0.25) is 0 Å². The number of benzene rings is 2. The van der Waals surface area contributed by atoms with Gasteiger partial charge < -0.3 is 9.84 Å². The molecule has 2 aromatic rings. The van der Waals surface area contributed by atoms with Gasteiger partial charge in [-0.05, 0) is 24.4 Å². The van der Waals surface area contributed by atoms with Crippen molar-refractivity contribution in [1.82, 2.24) is 0 Å². The maximum atomic E-state index is 11.2. The third-order valence-electron chi connectivity index (χ3n) is 2.43. The quantitative estimate of drug-likeness (QED) is 0.488. The molecule has 3 heteroatoms. The van der Waals surface area contributed by atoms with E-state index in [1.54, 1.807) is 6.07 Å². The predicted octanol–water partition coefficient (Wildman–Crippen LogP) is 2.95. The zero-order valence-electron chi connectivity index (χ0n) is 9.43. The number of carbonyl (C=O) groups is 1. The van der Waals surface area contributed by atoms with Crippen molar-refractivity contribution in [3.05, 3.63) is 48.6 Å². The van der Waals surface area contributed by atoms with Gasteiger partial charge in [-0.1, -0.05) is 24.3 Å². The van der Waals surface area contributed by atoms with E-state index in [9.17, 15) is 9.90 Å². The molecular weight excluding hydrogens is 216 g/mol. The number of rotatable bonds is 2. The second kappa shape index (κ2) is 4.29. The number of fused-ring (bicyclic) bond motifs is 1. The Bertz CT molecular complexity index is 600. The van der Waals surface area contributed by atoms with Crippen LogP contribution in [0.4, 0.5) is 0 Å². The van der Waals surface area contributed by atoms with Crippen molar-refractivity contribution in [1.29, 1.82) is 0 Å². The highest BCUT2D eigenvalue weighted by molar-refractivity contribution is 5.93. The van der Waals surface area contributed by atoms with E-state index in [4.69, 9.17) is 4.74 Å². The van der Waals surface area contributed by atoms with Crippen LogP contribution in [-0.2, 0) is 4.79 Å². The molecule has 0 fully saturated rings. The van der Waals surface area contributed by atoms with E-state index in [1.807, 2.05) is 25.1 Å². The van der Waals surface area contributed by atoms with Gasteiger partial charge in [0.25, 0.3) is 0 Å². The molecular formula is C14H12O3. The summed E-state index contributed by atoms with van der Waals surface area (Å²) in [5.41, 5.74) is 1.05. The highest BCUT2D eigenvalue weighted by Crippen LogP contribution is 2.31. The molecule has 0 bridgehead atoms. The van der Waals surface area contributed by atoms with Crippen LogP contribution in [-0.4, -0.2) is 11.1 Å². The first-order chi connectivity index (χ1) is 8.10. The number of aromatic hydroxyl groups is 1. The van der Waals surface area contributed by atoms with E-state index in [2.05, 4.69) is 6.58 Å². The number of ether oxygens (including phenoxy) is 1. The Hall–Kier alpha value is -2.29. The molecule has 0 saturated carbocycles. The van der Waals surface area contributed by atoms with Crippen molar-refractivity contribution >= 4 is 16.7 Å². The molecule has 0 aromatic heterocycles. The third-order valence-corrected chi connectivity index (χ3v) is 2.43. The molecule has 0 spiro atoms. The lowest BCUT2D eigenvalue weighted by atomic mass is 10.1. The molecule has 1 N–H and O–H groups in total. The second-order valence-corrected chi connectivity index (χ2v) is 3.79. The molecule has 0 heterocycles. The number of phenols is 1. The fraction of sp³-hybridized carbons (Fsp3) is 0.0714. The fourth-order valence-corrected chi connectivity index (χ4v) is 1.66. The molecule has 0 unspecified atom stereocenters. The van der Waals surface area contributed by atoms with Crippen molar-refractivity contribution < 1.29 is 14.6 Å². The standard InChI is InChI=1S/C14H12O3/c1-3-14(16)17-13-8-11(15)7-10-5-4-9(2)6-12(10)13/h3-8,15H,1H2,2H3. The Labute approximate surface area is 99.0 Å². The number of carbonyl (C=O) groups excluding carboxylic acids is 1. The van der Waals surface area contributed by atoms with Gasteiger partial charge in [-0.15, -0.1) is 0 Å². The number of phenolic OH excluding ortho intramolecular Hbond substituents is 1. The van der Waals surface area contributed by atoms with E-state index in [1.165, 1.54) is 6.07 Å². The van der Waals surface area contributed by atoms with E-state index < -0.39 is 5.97 Å². The van der Waals surface area contributed by atoms with Crippen LogP contribution in [0.5, 0.6) is 11.5 Å². The Morgan fingerprint density at radius 1 is 1.35 bits per heavy atom. The molecule has 17 heavy (non-hydrogen) atoms. The number of hydrogen-bond acceptors (Lipinski definition) is 3. The number of hydrogen-bond donors (Lipinski definition) is 1. The maximum Gasteiger partial charge on any atom is 0.335 e. The molecule has 0 aliphatic carbocycles. The fourth-order valence-electron chi connectivity index (χ4n) is 1.66. The lowest BCUT2D eigenvalue weighted by Crippen LogP contribution is -2.03. The van der Waals surface area contributed by atoms with Gasteiger partial charge in [0.1, 0.15) is 11.5 Å². The van der Waals surface area contributed by atoms with Crippen LogP contribution in [0.3, 0.4) is 0 Å². The van der Waals surface area contributed by atoms with Gasteiger partial charge in [-0.25, -0.2) is 4.79 Å². The summed E-state index contributed by atoms with van der Waals surface area (Å²) in [6.07, 6.45) is 1.09. The molecule has 86 valence electrons. The van der Waals surface area contributed by atoms with Gasteiger partial charge in [-0.2, -0.15) is 0 Å². The first kappa shape index (κ1) is 11.2. The van der Waals surface area contributed by atoms with E-state index in [-0.39, 0.29) is 5.75 Å². The summed E-state index contributed by atoms with van der Waals surface area (Å²) < 4.78 is 5.10. The predicted molar refractivity (Wildman–Crippen MR) is 66.2 cm³/mol. The molecule has 0 saturated heterocycles. The SMILES string of the molecule is C=CC(=O)Oc1cc(O)cc2ccc(C)cc12. The number of esters is 1. The van der Waals surface area contributed by atoms with E-state index >= 15 is 0 Å². The Morgan fingerprint density at radius 3 is 2.82 bits per heavy atom. The molecule has 2 aromatic carbocycles. The summed E-state index contributed by atoms with van der Waals surface area (Å²) in [5, 5.41) is 11.2. The lowest BCUT2D eigenvalue weighted by molar-refractivity contribution is -0.128. The Kier molecular flexibility index (Phi) is 2.83. The molecule has 0 aliphatic rings. The van der Waals surface area contributed by atoms with Crippen LogP contribution in [0.15, 0.2) is 43.0 Å². The van der Waals surface area contributed by atoms with Crippen LogP contribution >= 0.6 is 0 Å². The van der Waals surface area contributed by atoms with Crippen molar-refractivity contribution in [2.45, 2.75) is 6.92 Å². The molecule has 0 atom stereocenters. The van der Waals surface area contributed by atoms with Crippen molar-refractivity contribution in [2.24, 2.45) is 0 Å². The average molecular weight is 228 g/mol. The van der Waals surface area contributed by atoms with E-state index in [0.29, 0.717) is 5.75 Å². The summed E-state index contributed by atoms with van der Waals surface area (Å²) in [6, 6.07) is 8.75. The van der Waals surface area contributed by atoms with Crippen molar-refractivity contribution in [2.75, 3.05) is 0 Å². The van der Waals surface area contributed by atoms with Crippen molar-refractivity contribution in [3.63, 3.8) is 0 Å². The maximum absolute atomic E-state index is 11.2. The number of aryl methyl sites for hydroxylation is 1. The molecule has 0 aliphatic heterocycles. The summed E-state index contributed by atoms with van der Waals surface area (Å²) in [6.45, 7) is 5.29. The second-order valence-electron chi connectivity index (χ2n) is 3.79. The summed E-state index contributed by atoms with van der Waals surface area (Å²) in [7, 11) is 0. The van der Waals surface area contributed by atoms with E-state index in [0.717, 1.165) is 22.4 Å². The zero-order chi connectivity index (χ0) is 12.4. The highest BCUT2D eigenvalue weighted by atomic mass is 16.5. The first-order valence-corrected chi connectivity index (χ1v) is 5.18. The van der Waals surface area contributed by atoms with Gasteiger partial charge in [0, 0.05) is 17.5 Å². The minimum Gasteiger partial charge on any atom is -0.508 e. The normalized spacial score (nSPS) is 10.2. The average Bonchev–Trinajstić information content (AvgIpc) is 2.29. The molecule has 3 nitrogen and oxygen atoms in total. The molecule has 0 radical (unpaired) electrons. The first-order valence-electron chi connectivity index (χ1n) is 5.18. The van der Waals surface area contributed by atoms with Gasteiger partial charge in [0.15, 0.2) is 0 Å². The topological polar surface area (TPSA) is 46.5 Å². The lowest BCUT2D eigenvalue weighted by Gasteiger charge is -2.08. The van der Waals surface area contributed by atoms with Gasteiger partial charge >= 0.3 is 5.97 Å². The van der Waals surface area contributed by atoms with Crippen LogP contribution < -0.4 is 4.74 Å². The Balaban J connectivity index is 2.63. The van der Waals surface area contributed by atoms with Crippen LogP contribution in [0.25, 0.3) is 10.8 Å². The molecule has 2 rings (SSSR count). The smallest absolute Gasteiger partial charge is 0.335 e.